The maximum Gasteiger partial charge on any atom is 0.354 e. The molecule has 0 unspecified atom stereocenters. The van der Waals surface area contributed by atoms with E-state index in [2.05, 4.69) is 10.3 Å². The highest BCUT2D eigenvalue weighted by Gasteiger charge is 2.10. The van der Waals surface area contributed by atoms with Crippen LogP contribution in [0.1, 0.15) is 16.1 Å². The van der Waals surface area contributed by atoms with E-state index in [0.29, 0.717) is 16.5 Å². The average molecular weight is 278 g/mol. The van der Waals surface area contributed by atoms with Crippen molar-refractivity contribution in [2.75, 3.05) is 11.1 Å². The highest BCUT2D eigenvalue weighted by molar-refractivity contribution is 6.30. The fourth-order valence-corrected chi connectivity index (χ4v) is 1.72. The number of nitrogen functional groups attached to an aromatic ring is 1. The van der Waals surface area contributed by atoms with Gasteiger partial charge in [0.05, 0.1) is 5.69 Å². The fourth-order valence-electron chi connectivity index (χ4n) is 1.55. The van der Waals surface area contributed by atoms with Gasteiger partial charge in [-0.3, -0.25) is 0 Å². The van der Waals surface area contributed by atoms with Gasteiger partial charge in [0.2, 0.25) is 0 Å². The minimum atomic E-state index is -1.11. The zero-order chi connectivity index (χ0) is 14.0. The van der Waals surface area contributed by atoms with Gasteiger partial charge in [-0.05, 0) is 36.8 Å². The molecule has 4 N–H and O–H groups in total. The Balaban J connectivity index is 2.40. The third-order valence-corrected chi connectivity index (χ3v) is 2.83. The van der Waals surface area contributed by atoms with Crippen LogP contribution in [-0.2, 0) is 0 Å². The lowest BCUT2D eigenvalue weighted by Crippen LogP contribution is -2.06. The average Bonchev–Trinajstić information content (AvgIpc) is 2.36. The van der Waals surface area contributed by atoms with Crippen molar-refractivity contribution in [3.05, 3.63) is 46.6 Å². The molecule has 0 spiro atoms. The van der Waals surface area contributed by atoms with Gasteiger partial charge in [0.1, 0.15) is 0 Å². The van der Waals surface area contributed by atoms with Crippen LogP contribution in [0, 0.1) is 6.92 Å². The van der Waals surface area contributed by atoms with Crippen molar-refractivity contribution in [1.82, 2.24) is 4.98 Å². The van der Waals surface area contributed by atoms with E-state index in [-0.39, 0.29) is 5.69 Å². The predicted octanol–water partition coefficient (Wildman–Crippen LogP) is 3.07. The van der Waals surface area contributed by atoms with Gasteiger partial charge in [-0.25, -0.2) is 9.78 Å². The lowest BCUT2D eigenvalue weighted by atomic mass is 10.2. The number of nitrogens with zero attached hydrogens (tertiary/aromatic N) is 1. The molecule has 0 aliphatic carbocycles. The summed E-state index contributed by atoms with van der Waals surface area (Å²) in [6, 6.07) is 8.20. The topological polar surface area (TPSA) is 88.2 Å². The van der Waals surface area contributed by atoms with Crippen LogP contribution in [0.4, 0.5) is 17.2 Å². The first-order valence-corrected chi connectivity index (χ1v) is 5.88. The van der Waals surface area contributed by atoms with Gasteiger partial charge in [0, 0.05) is 10.7 Å². The smallest absolute Gasteiger partial charge is 0.354 e. The second-order valence-corrected chi connectivity index (χ2v) is 4.46. The molecule has 0 atom stereocenters. The Morgan fingerprint density at radius 3 is 2.79 bits per heavy atom. The fraction of sp³-hybridized carbons (Fsp3) is 0.0769. The van der Waals surface area contributed by atoms with Crippen LogP contribution in [0.3, 0.4) is 0 Å². The zero-order valence-electron chi connectivity index (χ0n) is 10.1. The Kier molecular flexibility index (Phi) is 3.57. The molecule has 0 amide bonds. The highest BCUT2D eigenvalue weighted by Crippen LogP contribution is 2.26. The van der Waals surface area contributed by atoms with Crippen LogP contribution in [0.25, 0.3) is 0 Å². The minimum absolute atomic E-state index is 0.0728. The van der Waals surface area contributed by atoms with Crippen LogP contribution in [0.15, 0.2) is 30.3 Å². The summed E-state index contributed by atoms with van der Waals surface area (Å²) in [6.07, 6.45) is 0. The van der Waals surface area contributed by atoms with Crippen molar-refractivity contribution in [3.8, 4) is 0 Å². The molecule has 1 heterocycles. The summed E-state index contributed by atoms with van der Waals surface area (Å²) in [4.78, 5) is 14.8. The molecule has 19 heavy (non-hydrogen) atoms. The molecule has 0 bridgehead atoms. The van der Waals surface area contributed by atoms with E-state index in [0.717, 1.165) is 11.3 Å². The van der Waals surface area contributed by atoms with Crippen LogP contribution < -0.4 is 11.1 Å². The van der Waals surface area contributed by atoms with Crippen molar-refractivity contribution in [3.63, 3.8) is 0 Å². The van der Waals surface area contributed by atoms with Gasteiger partial charge in [-0.15, -0.1) is 0 Å². The van der Waals surface area contributed by atoms with Crippen LogP contribution >= 0.6 is 11.6 Å². The molecule has 0 saturated carbocycles. The Morgan fingerprint density at radius 2 is 2.11 bits per heavy atom. The molecule has 0 radical (unpaired) electrons. The number of anilines is 3. The molecule has 98 valence electrons. The minimum Gasteiger partial charge on any atom is -0.477 e. The molecule has 1 aromatic heterocycles. The number of nitrogens with two attached hydrogens (primary N) is 1. The van der Waals surface area contributed by atoms with E-state index in [9.17, 15) is 4.79 Å². The van der Waals surface area contributed by atoms with Crippen LogP contribution in [0.5, 0.6) is 0 Å². The number of aromatic carboxylic acids is 1. The number of carboxylic acid groups (broad SMARTS) is 1. The molecule has 0 fully saturated rings. The van der Waals surface area contributed by atoms with Crippen molar-refractivity contribution in [2.45, 2.75) is 6.92 Å². The first kappa shape index (κ1) is 13.2. The summed E-state index contributed by atoms with van der Waals surface area (Å²) in [5, 5.41) is 12.5. The van der Waals surface area contributed by atoms with E-state index in [4.69, 9.17) is 22.4 Å². The number of aryl methyl sites for hydroxylation is 1. The van der Waals surface area contributed by atoms with Gasteiger partial charge >= 0.3 is 5.97 Å². The Labute approximate surface area is 115 Å². The largest absolute Gasteiger partial charge is 0.477 e. The quantitative estimate of drug-likeness (QED) is 0.802. The maximum absolute atomic E-state index is 10.9. The SMILES string of the molecule is Cc1ccc(Cl)cc1Nc1nc(C(=O)O)ccc1N. The number of hydrogen-bond donors (Lipinski definition) is 3. The molecule has 5 nitrogen and oxygen atoms in total. The van der Waals surface area contributed by atoms with Gasteiger partial charge < -0.3 is 16.2 Å². The molecule has 0 aliphatic heterocycles. The lowest BCUT2D eigenvalue weighted by Gasteiger charge is -2.11. The monoisotopic (exact) mass is 277 g/mol. The van der Waals surface area contributed by atoms with E-state index < -0.39 is 5.97 Å². The number of nitrogens with one attached hydrogen (secondary N) is 1. The third kappa shape index (κ3) is 2.95. The van der Waals surface area contributed by atoms with Crippen LogP contribution in [0.2, 0.25) is 5.02 Å². The zero-order valence-corrected chi connectivity index (χ0v) is 10.9. The first-order chi connectivity index (χ1) is 8.97. The normalized spacial score (nSPS) is 10.2. The van der Waals surface area contributed by atoms with Crippen molar-refractivity contribution in [2.24, 2.45) is 0 Å². The van der Waals surface area contributed by atoms with Gasteiger partial charge in [0.25, 0.3) is 0 Å². The number of pyridine rings is 1. The number of carboxylic acids is 1. The van der Waals surface area contributed by atoms with E-state index >= 15 is 0 Å². The maximum atomic E-state index is 10.9. The van der Waals surface area contributed by atoms with Crippen molar-refractivity contribution < 1.29 is 9.90 Å². The van der Waals surface area contributed by atoms with E-state index in [1.54, 1.807) is 12.1 Å². The second-order valence-electron chi connectivity index (χ2n) is 4.02. The molecule has 0 aliphatic rings. The molecule has 6 heteroatoms. The van der Waals surface area contributed by atoms with E-state index in [1.807, 2.05) is 13.0 Å². The molecule has 2 rings (SSSR count). The number of rotatable bonds is 3. The van der Waals surface area contributed by atoms with Crippen molar-refractivity contribution in [1.29, 1.82) is 0 Å². The lowest BCUT2D eigenvalue weighted by molar-refractivity contribution is 0.0690. The number of aromatic nitrogens is 1. The number of benzene rings is 1. The molecule has 1 aromatic carbocycles. The van der Waals surface area contributed by atoms with Crippen molar-refractivity contribution >= 4 is 34.8 Å². The standard InChI is InChI=1S/C13H12ClN3O2/c1-7-2-3-8(14)6-11(7)17-12-9(15)4-5-10(16-12)13(18)19/h2-6H,15H2,1H3,(H,16,17)(H,18,19). The Bertz CT molecular complexity index is 644. The summed E-state index contributed by atoms with van der Waals surface area (Å²) >= 11 is 5.92. The molecule has 2 aromatic rings. The highest BCUT2D eigenvalue weighted by atomic mass is 35.5. The van der Waals surface area contributed by atoms with Gasteiger partial charge in [-0.1, -0.05) is 17.7 Å². The predicted molar refractivity (Wildman–Crippen MR) is 75.1 cm³/mol. The Hall–Kier alpha value is -2.27. The molecule has 0 saturated heterocycles. The summed E-state index contributed by atoms with van der Waals surface area (Å²) in [5.41, 5.74) is 7.75. The third-order valence-electron chi connectivity index (χ3n) is 2.60. The van der Waals surface area contributed by atoms with Crippen LogP contribution in [-0.4, -0.2) is 16.1 Å². The first-order valence-electron chi connectivity index (χ1n) is 5.50. The number of hydrogen-bond acceptors (Lipinski definition) is 4. The second kappa shape index (κ2) is 5.16. The number of halogens is 1. The van der Waals surface area contributed by atoms with E-state index in [1.165, 1.54) is 12.1 Å². The van der Waals surface area contributed by atoms with Gasteiger partial charge in [-0.2, -0.15) is 0 Å². The molecular weight excluding hydrogens is 266 g/mol. The molecular formula is C13H12ClN3O2. The Morgan fingerprint density at radius 1 is 1.37 bits per heavy atom. The summed E-state index contributed by atoms with van der Waals surface area (Å²) < 4.78 is 0. The summed E-state index contributed by atoms with van der Waals surface area (Å²) in [7, 11) is 0. The summed E-state index contributed by atoms with van der Waals surface area (Å²) in [6.45, 7) is 1.90. The summed E-state index contributed by atoms with van der Waals surface area (Å²) in [5.74, 6) is -0.809. The van der Waals surface area contributed by atoms with Gasteiger partial charge in [0.15, 0.2) is 11.5 Å². The number of carbonyl (C=O) groups is 1.